The van der Waals surface area contributed by atoms with Crippen LogP contribution in [0.25, 0.3) is 11.0 Å². The fourth-order valence-corrected chi connectivity index (χ4v) is 2.64. The van der Waals surface area contributed by atoms with Gasteiger partial charge in [0.25, 0.3) is 0 Å². The third-order valence-electron chi connectivity index (χ3n) is 2.96. The zero-order valence-electron chi connectivity index (χ0n) is 8.90. The van der Waals surface area contributed by atoms with E-state index in [1.165, 1.54) is 12.8 Å². The van der Waals surface area contributed by atoms with E-state index in [2.05, 4.69) is 25.5 Å². The first kappa shape index (κ1) is 10.0. The average Bonchev–Trinajstić information content (AvgIpc) is 3.00. The molecule has 1 aromatic heterocycles. The number of ketones is 1. The predicted molar refractivity (Wildman–Crippen MR) is 65.7 cm³/mol. The van der Waals surface area contributed by atoms with Crippen LogP contribution in [0.3, 0.4) is 0 Å². The SMILES string of the molecule is CC(=O)c1ccc2c(c1)nc(Br)n2C1CC1. The van der Waals surface area contributed by atoms with Crippen LogP contribution >= 0.6 is 15.9 Å². The summed E-state index contributed by atoms with van der Waals surface area (Å²) in [5.41, 5.74) is 2.73. The standard InChI is InChI=1S/C12H11BrN2O/c1-7(16)8-2-5-11-10(6-8)14-12(13)15(11)9-3-4-9/h2,5-6,9H,3-4H2,1H3. The molecule has 2 aromatic rings. The average molecular weight is 279 g/mol. The van der Waals surface area contributed by atoms with E-state index < -0.39 is 0 Å². The summed E-state index contributed by atoms with van der Waals surface area (Å²) in [5.74, 6) is 0.0824. The zero-order chi connectivity index (χ0) is 11.3. The van der Waals surface area contributed by atoms with Gasteiger partial charge in [0.2, 0.25) is 0 Å². The molecule has 0 saturated heterocycles. The van der Waals surface area contributed by atoms with Gasteiger partial charge in [0.15, 0.2) is 10.5 Å². The van der Waals surface area contributed by atoms with Crippen molar-refractivity contribution in [3.8, 4) is 0 Å². The first-order chi connectivity index (χ1) is 7.66. The minimum absolute atomic E-state index is 0.0824. The van der Waals surface area contributed by atoms with E-state index in [0.717, 1.165) is 21.3 Å². The lowest BCUT2D eigenvalue weighted by molar-refractivity contribution is 0.101. The van der Waals surface area contributed by atoms with Gasteiger partial charge in [-0.25, -0.2) is 4.98 Å². The smallest absolute Gasteiger partial charge is 0.178 e. The molecule has 0 bridgehead atoms. The number of halogens is 1. The van der Waals surface area contributed by atoms with Crippen LogP contribution < -0.4 is 0 Å². The van der Waals surface area contributed by atoms with Crippen molar-refractivity contribution in [2.45, 2.75) is 25.8 Å². The van der Waals surface area contributed by atoms with Crippen LogP contribution in [0.15, 0.2) is 22.9 Å². The Balaban J connectivity index is 2.23. The number of aromatic nitrogens is 2. The summed E-state index contributed by atoms with van der Waals surface area (Å²) >= 11 is 3.48. The molecule has 1 heterocycles. The molecule has 1 aromatic carbocycles. The zero-order valence-corrected chi connectivity index (χ0v) is 10.5. The quantitative estimate of drug-likeness (QED) is 0.790. The molecular weight excluding hydrogens is 268 g/mol. The van der Waals surface area contributed by atoms with Crippen molar-refractivity contribution >= 4 is 32.7 Å². The van der Waals surface area contributed by atoms with Gasteiger partial charge in [0.1, 0.15) is 0 Å². The van der Waals surface area contributed by atoms with Crippen LogP contribution in [0.4, 0.5) is 0 Å². The molecule has 1 fully saturated rings. The largest absolute Gasteiger partial charge is 0.315 e. The van der Waals surface area contributed by atoms with E-state index >= 15 is 0 Å². The number of nitrogens with zero attached hydrogens (tertiary/aromatic N) is 2. The summed E-state index contributed by atoms with van der Waals surface area (Å²) < 4.78 is 3.07. The Labute approximate surface area is 102 Å². The van der Waals surface area contributed by atoms with Crippen LogP contribution in [0.2, 0.25) is 0 Å². The Morgan fingerprint density at radius 2 is 2.25 bits per heavy atom. The molecule has 0 N–H and O–H groups in total. The summed E-state index contributed by atoms with van der Waals surface area (Å²) in [4.78, 5) is 15.7. The maximum absolute atomic E-state index is 11.3. The summed E-state index contributed by atoms with van der Waals surface area (Å²) in [6, 6.07) is 6.31. The van der Waals surface area contributed by atoms with Gasteiger partial charge in [0, 0.05) is 11.6 Å². The van der Waals surface area contributed by atoms with Crippen molar-refractivity contribution < 1.29 is 4.79 Å². The van der Waals surface area contributed by atoms with Crippen molar-refractivity contribution in [3.63, 3.8) is 0 Å². The maximum Gasteiger partial charge on any atom is 0.178 e. The highest BCUT2D eigenvalue weighted by atomic mass is 79.9. The first-order valence-electron chi connectivity index (χ1n) is 5.35. The Bertz CT molecular complexity index is 584. The molecule has 3 rings (SSSR count). The molecule has 1 saturated carbocycles. The van der Waals surface area contributed by atoms with E-state index in [-0.39, 0.29) is 5.78 Å². The van der Waals surface area contributed by atoms with Crippen molar-refractivity contribution in [1.29, 1.82) is 0 Å². The molecule has 0 atom stereocenters. The second-order valence-corrected chi connectivity index (χ2v) is 4.95. The number of imidazole rings is 1. The Morgan fingerprint density at radius 1 is 1.50 bits per heavy atom. The lowest BCUT2D eigenvalue weighted by Gasteiger charge is -2.02. The minimum atomic E-state index is 0.0824. The fourth-order valence-electron chi connectivity index (χ4n) is 1.97. The topological polar surface area (TPSA) is 34.9 Å². The Hall–Kier alpha value is -1.16. The second-order valence-electron chi connectivity index (χ2n) is 4.24. The minimum Gasteiger partial charge on any atom is -0.315 e. The molecule has 0 amide bonds. The van der Waals surface area contributed by atoms with Crippen molar-refractivity contribution in [2.24, 2.45) is 0 Å². The van der Waals surface area contributed by atoms with E-state index in [9.17, 15) is 4.79 Å². The second kappa shape index (κ2) is 3.42. The van der Waals surface area contributed by atoms with Crippen molar-refractivity contribution in [3.05, 3.63) is 28.5 Å². The van der Waals surface area contributed by atoms with Crippen LogP contribution in [0.1, 0.15) is 36.2 Å². The number of hydrogen-bond acceptors (Lipinski definition) is 2. The number of hydrogen-bond donors (Lipinski definition) is 0. The predicted octanol–water partition coefficient (Wildman–Crippen LogP) is 3.34. The number of Topliss-reactive ketones (excluding diaryl/α,β-unsaturated/α-hetero) is 1. The lowest BCUT2D eigenvalue weighted by atomic mass is 10.1. The van der Waals surface area contributed by atoms with Gasteiger partial charge in [-0.1, -0.05) is 0 Å². The number of rotatable bonds is 2. The Morgan fingerprint density at radius 3 is 2.88 bits per heavy atom. The number of fused-ring (bicyclic) bond motifs is 1. The third kappa shape index (κ3) is 1.48. The number of carbonyl (C=O) groups is 1. The van der Waals surface area contributed by atoms with Crippen LogP contribution in [-0.2, 0) is 0 Å². The highest BCUT2D eigenvalue weighted by molar-refractivity contribution is 9.10. The molecule has 82 valence electrons. The van der Waals surface area contributed by atoms with E-state index in [1.807, 2.05) is 18.2 Å². The number of carbonyl (C=O) groups excluding carboxylic acids is 1. The van der Waals surface area contributed by atoms with Gasteiger partial charge in [-0.2, -0.15) is 0 Å². The lowest BCUT2D eigenvalue weighted by Crippen LogP contribution is -1.94. The summed E-state index contributed by atoms with van der Waals surface area (Å²) in [6.45, 7) is 1.58. The van der Waals surface area contributed by atoms with Crippen LogP contribution in [0.5, 0.6) is 0 Å². The van der Waals surface area contributed by atoms with Crippen LogP contribution in [-0.4, -0.2) is 15.3 Å². The first-order valence-corrected chi connectivity index (χ1v) is 6.14. The number of benzene rings is 1. The van der Waals surface area contributed by atoms with E-state index in [1.54, 1.807) is 6.92 Å². The molecule has 1 aliphatic carbocycles. The molecule has 0 spiro atoms. The normalized spacial score (nSPS) is 15.6. The van der Waals surface area contributed by atoms with E-state index in [0.29, 0.717) is 6.04 Å². The van der Waals surface area contributed by atoms with Gasteiger partial charge in [-0.05, 0) is 53.9 Å². The highest BCUT2D eigenvalue weighted by Crippen LogP contribution is 2.40. The van der Waals surface area contributed by atoms with Gasteiger partial charge in [-0.15, -0.1) is 0 Å². The van der Waals surface area contributed by atoms with E-state index in [4.69, 9.17) is 0 Å². The highest BCUT2D eigenvalue weighted by Gasteiger charge is 2.27. The molecular formula is C12H11BrN2O. The summed E-state index contributed by atoms with van der Waals surface area (Å²) in [5, 5.41) is 0. The van der Waals surface area contributed by atoms with Gasteiger partial charge in [-0.3, -0.25) is 4.79 Å². The molecule has 1 aliphatic rings. The third-order valence-corrected chi connectivity index (χ3v) is 3.52. The fraction of sp³-hybridized carbons (Fsp3) is 0.333. The molecule has 0 radical (unpaired) electrons. The van der Waals surface area contributed by atoms with Gasteiger partial charge < -0.3 is 4.57 Å². The maximum atomic E-state index is 11.3. The van der Waals surface area contributed by atoms with Crippen molar-refractivity contribution in [2.75, 3.05) is 0 Å². The summed E-state index contributed by atoms with van der Waals surface area (Å²) in [7, 11) is 0. The molecule has 0 unspecified atom stereocenters. The molecule has 16 heavy (non-hydrogen) atoms. The van der Waals surface area contributed by atoms with Gasteiger partial charge in [0.05, 0.1) is 11.0 Å². The van der Waals surface area contributed by atoms with Crippen molar-refractivity contribution in [1.82, 2.24) is 9.55 Å². The Kier molecular flexibility index (Phi) is 2.14. The van der Waals surface area contributed by atoms with Crippen LogP contribution in [0, 0.1) is 0 Å². The van der Waals surface area contributed by atoms with Gasteiger partial charge >= 0.3 is 0 Å². The summed E-state index contributed by atoms with van der Waals surface area (Å²) in [6.07, 6.45) is 2.44. The molecule has 4 heteroatoms. The monoisotopic (exact) mass is 278 g/mol. The molecule has 0 aliphatic heterocycles. The molecule has 3 nitrogen and oxygen atoms in total.